The summed E-state index contributed by atoms with van der Waals surface area (Å²) in [5.41, 5.74) is 0.139. The van der Waals surface area contributed by atoms with Crippen molar-refractivity contribution < 1.29 is 23.5 Å². The molecule has 0 radical (unpaired) electrons. The first-order chi connectivity index (χ1) is 17.5. The van der Waals surface area contributed by atoms with Crippen LogP contribution in [0.3, 0.4) is 0 Å². The SMILES string of the molecule is COC(=O)c1ccc(Cn2c([C@@H]3CC4(CC4)CN3C(=O)OC(C)(C)C)nc3cccc(F)c3c2=O)cc1. The maximum atomic E-state index is 14.8. The van der Waals surface area contributed by atoms with Gasteiger partial charge in [0.1, 0.15) is 22.6 Å². The van der Waals surface area contributed by atoms with Crippen molar-refractivity contribution in [2.75, 3.05) is 13.7 Å². The maximum absolute atomic E-state index is 14.8. The third-order valence-electron chi connectivity index (χ3n) is 7.07. The summed E-state index contributed by atoms with van der Waals surface area (Å²) in [6, 6.07) is 10.5. The van der Waals surface area contributed by atoms with Crippen molar-refractivity contribution >= 4 is 23.0 Å². The van der Waals surface area contributed by atoms with Crippen molar-refractivity contribution in [3.8, 4) is 0 Å². The van der Waals surface area contributed by atoms with Gasteiger partial charge in [-0.05, 0) is 75.3 Å². The molecule has 2 fully saturated rings. The summed E-state index contributed by atoms with van der Waals surface area (Å²) in [5.74, 6) is -0.715. The van der Waals surface area contributed by atoms with Crippen LogP contribution in [0, 0.1) is 11.2 Å². The molecule has 0 N–H and O–H groups in total. The summed E-state index contributed by atoms with van der Waals surface area (Å²) in [4.78, 5) is 45.2. The number of carbonyl (C=O) groups is 2. The van der Waals surface area contributed by atoms with Crippen LogP contribution in [0.2, 0.25) is 0 Å². The number of nitrogens with zero attached hydrogens (tertiary/aromatic N) is 3. The second-order valence-electron chi connectivity index (χ2n) is 11.0. The Balaban J connectivity index is 1.62. The molecule has 1 aromatic heterocycles. The highest BCUT2D eigenvalue weighted by Gasteiger charge is 2.55. The van der Waals surface area contributed by atoms with Gasteiger partial charge in [0.15, 0.2) is 0 Å². The molecular weight excluding hydrogens is 477 g/mol. The van der Waals surface area contributed by atoms with Crippen molar-refractivity contribution in [3.05, 3.63) is 75.6 Å². The number of benzene rings is 2. The molecule has 8 nitrogen and oxygen atoms in total. The molecule has 0 bridgehead atoms. The van der Waals surface area contributed by atoms with Gasteiger partial charge in [-0.3, -0.25) is 14.3 Å². The van der Waals surface area contributed by atoms with E-state index in [0.29, 0.717) is 24.4 Å². The molecule has 2 aliphatic rings. The zero-order valence-corrected chi connectivity index (χ0v) is 21.4. The lowest BCUT2D eigenvalue weighted by Gasteiger charge is -2.29. The first kappa shape index (κ1) is 24.9. The van der Waals surface area contributed by atoms with E-state index in [1.165, 1.54) is 23.8 Å². The Morgan fingerprint density at radius 3 is 2.46 bits per heavy atom. The molecular formula is C28H30FN3O5. The van der Waals surface area contributed by atoms with Crippen molar-refractivity contribution in [1.29, 1.82) is 0 Å². The highest BCUT2D eigenvalue weighted by atomic mass is 19.1. The smallest absolute Gasteiger partial charge is 0.410 e. The molecule has 1 amide bonds. The standard InChI is InChI=1S/C28H30FN3O5/c1-27(2,3)37-26(35)32-16-28(12-13-28)14-21(32)23-30-20-7-5-6-19(29)22(20)24(33)31(23)15-17-8-10-18(11-9-17)25(34)36-4/h5-11,21H,12-16H2,1-4H3/t21-/m0/s1. The molecule has 194 valence electrons. The van der Waals surface area contributed by atoms with Crippen LogP contribution in [0.1, 0.15) is 67.8 Å². The second kappa shape index (κ2) is 8.97. The number of hydrogen-bond donors (Lipinski definition) is 0. The lowest BCUT2D eigenvalue weighted by Crippen LogP contribution is -2.39. The molecule has 1 saturated carbocycles. The van der Waals surface area contributed by atoms with Crippen molar-refractivity contribution in [2.45, 2.75) is 58.2 Å². The number of fused-ring (bicyclic) bond motifs is 1. The highest BCUT2D eigenvalue weighted by molar-refractivity contribution is 5.89. The molecule has 0 unspecified atom stereocenters. The van der Waals surface area contributed by atoms with Crippen LogP contribution in [0.25, 0.3) is 10.9 Å². The lowest BCUT2D eigenvalue weighted by atomic mass is 10.0. The number of aromatic nitrogens is 2. The molecule has 5 rings (SSSR count). The van der Waals surface area contributed by atoms with Gasteiger partial charge in [0.2, 0.25) is 0 Å². The van der Waals surface area contributed by atoms with E-state index in [-0.39, 0.29) is 22.9 Å². The number of ether oxygens (including phenoxy) is 2. The van der Waals surface area contributed by atoms with Crippen molar-refractivity contribution in [3.63, 3.8) is 0 Å². The van der Waals surface area contributed by atoms with Crippen LogP contribution < -0.4 is 5.56 Å². The quantitative estimate of drug-likeness (QED) is 0.470. The maximum Gasteiger partial charge on any atom is 0.410 e. The number of halogens is 1. The zero-order valence-electron chi connectivity index (χ0n) is 21.4. The summed E-state index contributed by atoms with van der Waals surface area (Å²) in [5, 5.41) is -0.0969. The molecule has 37 heavy (non-hydrogen) atoms. The minimum Gasteiger partial charge on any atom is -0.465 e. The topological polar surface area (TPSA) is 90.7 Å². The Bertz CT molecular complexity index is 1440. The van der Waals surface area contributed by atoms with Gasteiger partial charge in [-0.15, -0.1) is 0 Å². The summed E-state index contributed by atoms with van der Waals surface area (Å²) in [6.45, 7) is 6.06. The van der Waals surface area contributed by atoms with Gasteiger partial charge in [-0.25, -0.2) is 19.0 Å². The fraction of sp³-hybridized carbons (Fsp3) is 0.429. The van der Waals surface area contributed by atoms with E-state index in [0.717, 1.165) is 18.4 Å². The normalized spacial score (nSPS) is 18.3. The number of esters is 1. The third-order valence-corrected chi connectivity index (χ3v) is 7.07. The lowest BCUT2D eigenvalue weighted by molar-refractivity contribution is 0.0208. The van der Waals surface area contributed by atoms with Gasteiger partial charge in [0.05, 0.1) is 30.8 Å². The molecule has 1 saturated heterocycles. The average Bonchev–Trinajstić information content (AvgIpc) is 3.49. The Morgan fingerprint density at radius 1 is 1.14 bits per heavy atom. The molecule has 1 aliphatic heterocycles. The first-order valence-electron chi connectivity index (χ1n) is 12.4. The molecule has 1 aliphatic carbocycles. The monoisotopic (exact) mass is 507 g/mol. The summed E-state index contributed by atoms with van der Waals surface area (Å²) < 4.78 is 26.7. The zero-order chi connectivity index (χ0) is 26.5. The Morgan fingerprint density at radius 2 is 1.84 bits per heavy atom. The van der Waals surface area contributed by atoms with E-state index in [9.17, 15) is 18.8 Å². The third kappa shape index (κ3) is 4.82. The number of hydrogen-bond acceptors (Lipinski definition) is 6. The summed E-state index contributed by atoms with van der Waals surface area (Å²) >= 11 is 0. The summed E-state index contributed by atoms with van der Waals surface area (Å²) in [7, 11) is 1.31. The van der Waals surface area contributed by atoms with Gasteiger partial charge in [-0.2, -0.15) is 0 Å². The van der Waals surface area contributed by atoms with Gasteiger partial charge in [-0.1, -0.05) is 18.2 Å². The minimum atomic E-state index is -0.679. The fourth-order valence-electron chi connectivity index (χ4n) is 5.03. The number of rotatable bonds is 4. The van der Waals surface area contributed by atoms with Crippen LogP contribution in [-0.4, -0.2) is 45.8 Å². The van der Waals surface area contributed by atoms with Gasteiger partial charge in [0, 0.05) is 6.54 Å². The Hall–Kier alpha value is -3.75. The van der Waals surface area contributed by atoms with E-state index in [4.69, 9.17) is 14.5 Å². The minimum absolute atomic E-state index is 0.0107. The highest BCUT2D eigenvalue weighted by Crippen LogP contribution is 2.58. The van der Waals surface area contributed by atoms with Crippen molar-refractivity contribution in [1.82, 2.24) is 14.5 Å². The average molecular weight is 508 g/mol. The molecule has 9 heteroatoms. The largest absolute Gasteiger partial charge is 0.465 e. The van der Waals surface area contributed by atoms with E-state index in [1.54, 1.807) is 35.2 Å². The first-order valence-corrected chi connectivity index (χ1v) is 12.4. The van der Waals surface area contributed by atoms with E-state index < -0.39 is 35.1 Å². The molecule has 2 heterocycles. The van der Waals surface area contributed by atoms with Crippen LogP contribution in [0.5, 0.6) is 0 Å². The van der Waals surface area contributed by atoms with Gasteiger partial charge >= 0.3 is 12.1 Å². The number of amides is 1. The van der Waals surface area contributed by atoms with E-state index in [2.05, 4.69) is 0 Å². The van der Waals surface area contributed by atoms with Gasteiger partial charge in [0.25, 0.3) is 5.56 Å². The molecule has 3 aromatic rings. The van der Waals surface area contributed by atoms with Crippen molar-refractivity contribution in [2.24, 2.45) is 5.41 Å². The molecule has 1 atom stereocenters. The Labute approximate surface area is 214 Å². The second-order valence-corrected chi connectivity index (χ2v) is 11.0. The molecule has 1 spiro atoms. The number of likely N-dealkylation sites (tertiary alicyclic amines) is 1. The van der Waals surface area contributed by atoms with Crippen LogP contribution in [-0.2, 0) is 16.0 Å². The predicted octanol–water partition coefficient (Wildman–Crippen LogP) is 4.83. The predicted molar refractivity (Wildman–Crippen MR) is 135 cm³/mol. The fourth-order valence-corrected chi connectivity index (χ4v) is 5.03. The van der Waals surface area contributed by atoms with Gasteiger partial charge < -0.3 is 9.47 Å². The Kier molecular flexibility index (Phi) is 6.04. The number of carbonyl (C=O) groups excluding carboxylic acids is 2. The molecule has 2 aromatic carbocycles. The van der Waals surface area contributed by atoms with Crippen LogP contribution in [0.4, 0.5) is 9.18 Å². The van der Waals surface area contributed by atoms with Crippen LogP contribution >= 0.6 is 0 Å². The van der Waals surface area contributed by atoms with Crippen LogP contribution in [0.15, 0.2) is 47.3 Å². The number of methoxy groups -OCH3 is 1. The van der Waals surface area contributed by atoms with E-state index in [1.807, 2.05) is 20.8 Å². The summed E-state index contributed by atoms with van der Waals surface area (Å²) in [6.07, 6.45) is 2.18. The van der Waals surface area contributed by atoms with E-state index >= 15 is 0 Å².